The van der Waals surface area contributed by atoms with Crippen LogP contribution in [0.15, 0.2) is 60.0 Å². The molecule has 0 radical (unpaired) electrons. The van der Waals surface area contributed by atoms with Gasteiger partial charge in [-0.3, -0.25) is 4.57 Å². The number of imidazole rings is 1. The van der Waals surface area contributed by atoms with Crippen LogP contribution in [0.5, 0.6) is 0 Å². The maximum Gasteiger partial charge on any atom is 0.192 e. The Kier molecular flexibility index (Phi) is 5.34. The molecule has 6 heteroatoms. The maximum absolute atomic E-state index is 4.74. The molecule has 1 aliphatic carbocycles. The highest BCUT2D eigenvalue weighted by atomic mass is 32.2. The molecule has 0 atom stereocenters. The fourth-order valence-corrected chi connectivity index (χ4v) is 5.27. The van der Waals surface area contributed by atoms with E-state index in [2.05, 4.69) is 70.4 Å². The molecule has 31 heavy (non-hydrogen) atoms. The lowest BCUT2D eigenvalue weighted by Crippen LogP contribution is -2.11. The van der Waals surface area contributed by atoms with E-state index >= 15 is 0 Å². The van der Waals surface area contributed by atoms with Gasteiger partial charge >= 0.3 is 0 Å². The smallest absolute Gasteiger partial charge is 0.192 e. The van der Waals surface area contributed by atoms with Crippen LogP contribution >= 0.6 is 11.8 Å². The molecule has 3 heterocycles. The summed E-state index contributed by atoms with van der Waals surface area (Å²) in [6, 6.07) is 15.4. The van der Waals surface area contributed by atoms with E-state index in [1.165, 1.54) is 31.2 Å². The predicted molar refractivity (Wildman–Crippen MR) is 126 cm³/mol. The van der Waals surface area contributed by atoms with E-state index in [0.29, 0.717) is 6.04 Å². The minimum absolute atomic E-state index is 0.146. The SMILES string of the molecule is CC(C)(C)c1ccc(-c2nnc(SCc3cn4ccccc4n3)n2C2CCCC2)cc1. The van der Waals surface area contributed by atoms with Crippen LogP contribution in [0, 0.1) is 0 Å². The average Bonchev–Trinajstić information content (AvgIpc) is 3.50. The number of aromatic nitrogens is 5. The van der Waals surface area contributed by atoms with Crippen molar-refractivity contribution in [2.75, 3.05) is 0 Å². The molecular weight excluding hydrogens is 402 g/mol. The zero-order valence-electron chi connectivity index (χ0n) is 18.5. The molecular formula is C25H29N5S. The molecule has 0 N–H and O–H groups in total. The van der Waals surface area contributed by atoms with Gasteiger partial charge in [0.25, 0.3) is 0 Å². The van der Waals surface area contributed by atoms with Gasteiger partial charge in [-0.2, -0.15) is 0 Å². The second-order valence-electron chi connectivity index (χ2n) is 9.43. The summed E-state index contributed by atoms with van der Waals surface area (Å²) in [6.07, 6.45) is 9.10. The van der Waals surface area contributed by atoms with Crippen molar-refractivity contribution < 1.29 is 0 Å². The normalized spacial score (nSPS) is 15.2. The van der Waals surface area contributed by atoms with Crippen molar-refractivity contribution in [3.8, 4) is 11.4 Å². The Hall–Kier alpha value is -2.60. The Morgan fingerprint density at radius 3 is 2.48 bits per heavy atom. The van der Waals surface area contributed by atoms with Gasteiger partial charge in [-0.25, -0.2) is 4.98 Å². The number of hydrogen-bond donors (Lipinski definition) is 0. The lowest BCUT2D eigenvalue weighted by atomic mass is 9.86. The van der Waals surface area contributed by atoms with E-state index < -0.39 is 0 Å². The number of pyridine rings is 1. The lowest BCUT2D eigenvalue weighted by molar-refractivity contribution is 0.485. The molecule has 0 aliphatic heterocycles. The summed E-state index contributed by atoms with van der Waals surface area (Å²) < 4.78 is 4.46. The molecule has 4 aromatic rings. The Labute approximate surface area is 187 Å². The van der Waals surface area contributed by atoms with Gasteiger partial charge in [0.05, 0.1) is 5.69 Å². The zero-order chi connectivity index (χ0) is 21.4. The molecule has 0 amide bonds. The summed E-state index contributed by atoms with van der Waals surface area (Å²) in [7, 11) is 0. The van der Waals surface area contributed by atoms with Crippen molar-refractivity contribution in [3.63, 3.8) is 0 Å². The summed E-state index contributed by atoms with van der Waals surface area (Å²) >= 11 is 1.74. The molecule has 1 saturated carbocycles. The Morgan fingerprint density at radius 2 is 1.77 bits per heavy atom. The van der Waals surface area contributed by atoms with Crippen molar-refractivity contribution in [2.45, 2.75) is 68.8 Å². The first-order valence-electron chi connectivity index (χ1n) is 11.1. The highest BCUT2D eigenvalue weighted by Gasteiger charge is 2.25. The highest BCUT2D eigenvalue weighted by molar-refractivity contribution is 7.98. The van der Waals surface area contributed by atoms with E-state index in [4.69, 9.17) is 4.98 Å². The van der Waals surface area contributed by atoms with Gasteiger partial charge in [-0.05, 0) is 36.0 Å². The molecule has 0 bridgehead atoms. The van der Waals surface area contributed by atoms with Crippen molar-refractivity contribution in [2.24, 2.45) is 0 Å². The molecule has 1 aromatic carbocycles. The molecule has 160 valence electrons. The predicted octanol–water partition coefficient (Wildman–Crippen LogP) is 6.30. The second-order valence-corrected chi connectivity index (χ2v) is 10.4. The minimum atomic E-state index is 0.146. The average molecular weight is 432 g/mol. The van der Waals surface area contributed by atoms with E-state index in [0.717, 1.165) is 33.6 Å². The summed E-state index contributed by atoms with van der Waals surface area (Å²) in [5, 5.41) is 10.3. The van der Waals surface area contributed by atoms with E-state index in [-0.39, 0.29) is 5.41 Å². The first-order valence-corrected chi connectivity index (χ1v) is 12.1. The molecule has 0 spiro atoms. The molecule has 5 rings (SSSR count). The van der Waals surface area contributed by atoms with Crippen LogP contribution < -0.4 is 0 Å². The van der Waals surface area contributed by atoms with E-state index in [9.17, 15) is 0 Å². The lowest BCUT2D eigenvalue weighted by Gasteiger charge is -2.20. The Bertz CT molecular complexity index is 1140. The van der Waals surface area contributed by atoms with Crippen molar-refractivity contribution in [1.82, 2.24) is 24.1 Å². The molecule has 1 aliphatic rings. The molecule has 3 aromatic heterocycles. The first kappa shape index (κ1) is 20.3. The number of thioether (sulfide) groups is 1. The van der Waals surface area contributed by atoms with Gasteiger partial charge < -0.3 is 4.40 Å². The van der Waals surface area contributed by atoms with Crippen LogP contribution in [0.4, 0.5) is 0 Å². The van der Waals surface area contributed by atoms with E-state index in [1.807, 2.05) is 24.4 Å². The van der Waals surface area contributed by atoms with E-state index in [1.54, 1.807) is 11.8 Å². The van der Waals surface area contributed by atoms with Crippen molar-refractivity contribution in [3.05, 3.63) is 66.1 Å². The van der Waals surface area contributed by atoms with Gasteiger partial charge in [0.2, 0.25) is 0 Å². The molecule has 5 nitrogen and oxygen atoms in total. The highest BCUT2D eigenvalue weighted by Crippen LogP contribution is 2.37. The number of benzene rings is 1. The third kappa shape index (κ3) is 4.13. The van der Waals surface area contributed by atoms with Gasteiger partial charge in [-0.1, -0.05) is 75.7 Å². The number of fused-ring (bicyclic) bond motifs is 1. The number of hydrogen-bond acceptors (Lipinski definition) is 4. The van der Waals surface area contributed by atoms with Crippen molar-refractivity contribution >= 4 is 17.4 Å². The Morgan fingerprint density at radius 1 is 1.00 bits per heavy atom. The Balaban J connectivity index is 1.44. The van der Waals surface area contributed by atoms with Crippen LogP contribution in [0.25, 0.3) is 17.0 Å². The summed E-state index contributed by atoms with van der Waals surface area (Å²) in [4.78, 5) is 4.74. The third-order valence-electron chi connectivity index (χ3n) is 6.13. The van der Waals surface area contributed by atoms with Crippen LogP contribution in [0.2, 0.25) is 0 Å². The van der Waals surface area contributed by atoms with Gasteiger partial charge in [0, 0.05) is 29.8 Å². The summed E-state index contributed by atoms with van der Waals surface area (Å²) in [6.45, 7) is 6.74. The number of rotatable bonds is 5. The molecule has 0 unspecified atom stereocenters. The second kappa shape index (κ2) is 8.15. The first-order chi connectivity index (χ1) is 15.0. The topological polar surface area (TPSA) is 48.0 Å². The van der Waals surface area contributed by atoms with Crippen LogP contribution in [-0.2, 0) is 11.2 Å². The minimum Gasteiger partial charge on any atom is -0.307 e. The van der Waals surface area contributed by atoms with Crippen LogP contribution in [0.3, 0.4) is 0 Å². The van der Waals surface area contributed by atoms with Gasteiger partial charge in [-0.15, -0.1) is 10.2 Å². The summed E-state index contributed by atoms with van der Waals surface area (Å²) in [5.41, 5.74) is 4.67. The quantitative estimate of drug-likeness (QED) is 0.348. The van der Waals surface area contributed by atoms with Crippen LogP contribution in [-0.4, -0.2) is 24.1 Å². The van der Waals surface area contributed by atoms with Crippen molar-refractivity contribution in [1.29, 1.82) is 0 Å². The molecule has 0 saturated heterocycles. The standard InChI is InChI=1S/C25H29N5S/c1-25(2,3)19-13-11-18(12-14-19)23-27-28-24(30(23)21-8-4-5-9-21)31-17-20-16-29-15-7-6-10-22(29)26-20/h6-7,10-16,21H,4-5,8-9,17H2,1-3H3. The van der Waals surface area contributed by atoms with Gasteiger partial charge in [0.15, 0.2) is 11.0 Å². The molecule has 1 fully saturated rings. The maximum atomic E-state index is 4.74. The third-order valence-corrected chi connectivity index (χ3v) is 7.10. The largest absolute Gasteiger partial charge is 0.307 e. The monoisotopic (exact) mass is 431 g/mol. The van der Waals surface area contributed by atoms with Crippen LogP contribution in [0.1, 0.15) is 63.8 Å². The summed E-state index contributed by atoms with van der Waals surface area (Å²) in [5.74, 6) is 1.78. The zero-order valence-corrected chi connectivity index (χ0v) is 19.3. The fourth-order valence-electron chi connectivity index (χ4n) is 4.38. The van der Waals surface area contributed by atoms with Gasteiger partial charge in [0.1, 0.15) is 5.65 Å². The number of nitrogens with zero attached hydrogens (tertiary/aromatic N) is 5. The fraction of sp³-hybridized carbons (Fsp3) is 0.400.